The summed E-state index contributed by atoms with van der Waals surface area (Å²) < 4.78 is 11.1. The van der Waals surface area contributed by atoms with Gasteiger partial charge < -0.3 is 14.8 Å². The summed E-state index contributed by atoms with van der Waals surface area (Å²) in [7, 11) is 1.59. The molecule has 0 fully saturated rings. The van der Waals surface area contributed by atoms with Crippen LogP contribution in [0.15, 0.2) is 72.8 Å². The van der Waals surface area contributed by atoms with Crippen molar-refractivity contribution in [2.45, 2.75) is 6.61 Å². The minimum atomic E-state index is -0.192. The smallest absolute Gasteiger partial charge is 0.255 e. The van der Waals surface area contributed by atoms with Crippen LogP contribution in [0.4, 0.5) is 5.69 Å². The van der Waals surface area contributed by atoms with Crippen molar-refractivity contribution in [3.63, 3.8) is 0 Å². The first-order valence-electron chi connectivity index (χ1n) is 8.07. The van der Waals surface area contributed by atoms with Crippen LogP contribution >= 0.6 is 11.6 Å². The maximum Gasteiger partial charge on any atom is 0.255 e. The van der Waals surface area contributed by atoms with Crippen LogP contribution in [0.25, 0.3) is 0 Å². The van der Waals surface area contributed by atoms with E-state index in [2.05, 4.69) is 5.32 Å². The van der Waals surface area contributed by atoms with Crippen molar-refractivity contribution in [2.24, 2.45) is 0 Å². The molecule has 0 spiro atoms. The van der Waals surface area contributed by atoms with Gasteiger partial charge in [0.05, 0.1) is 7.11 Å². The summed E-state index contributed by atoms with van der Waals surface area (Å²) in [4.78, 5) is 12.5. The highest BCUT2D eigenvalue weighted by molar-refractivity contribution is 6.30. The lowest BCUT2D eigenvalue weighted by molar-refractivity contribution is 0.102. The Balaban J connectivity index is 1.76. The number of hydrogen-bond acceptors (Lipinski definition) is 3. The number of para-hydroxylation sites is 1. The van der Waals surface area contributed by atoms with Gasteiger partial charge in [0.2, 0.25) is 0 Å². The average Bonchev–Trinajstić information content (AvgIpc) is 2.67. The van der Waals surface area contributed by atoms with Gasteiger partial charge in [-0.2, -0.15) is 0 Å². The van der Waals surface area contributed by atoms with Gasteiger partial charge in [0.15, 0.2) is 0 Å². The molecule has 4 nitrogen and oxygen atoms in total. The fourth-order valence-electron chi connectivity index (χ4n) is 2.48. The molecule has 0 aliphatic carbocycles. The topological polar surface area (TPSA) is 47.6 Å². The molecule has 0 aromatic heterocycles. The lowest BCUT2D eigenvalue weighted by Crippen LogP contribution is -2.12. The lowest BCUT2D eigenvalue weighted by atomic mass is 10.1. The zero-order chi connectivity index (χ0) is 18.4. The molecule has 0 saturated heterocycles. The molecule has 3 aromatic rings. The molecule has 0 bridgehead atoms. The second kappa shape index (κ2) is 8.41. The third kappa shape index (κ3) is 4.55. The number of ether oxygens (including phenoxy) is 2. The van der Waals surface area contributed by atoms with E-state index < -0.39 is 0 Å². The van der Waals surface area contributed by atoms with Crippen molar-refractivity contribution < 1.29 is 14.3 Å². The summed E-state index contributed by atoms with van der Waals surface area (Å²) >= 11 is 5.97. The third-order valence-electron chi connectivity index (χ3n) is 3.76. The molecule has 1 N–H and O–H groups in total. The highest BCUT2D eigenvalue weighted by atomic mass is 35.5. The molecule has 0 saturated carbocycles. The summed E-state index contributed by atoms with van der Waals surface area (Å²) in [6.07, 6.45) is 0. The monoisotopic (exact) mass is 367 g/mol. The van der Waals surface area contributed by atoms with Gasteiger partial charge in [-0.3, -0.25) is 4.79 Å². The van der Waals surface area contributed by atoms with E-state index in [1.807, 2.05) is 42.5 Å². The number of hydrogen-bond donors (Lipinski definition) is 1. The van der Waals surface area contributed by atoms with Gasteiger partial charge in [0, 0.05) is 21.8 Å². The summed E-state index contributed by atoms with van der Waals surface area (Å²) in [5.41, 5.74) is 2.04. The molecule has 0 aliphatic rings. The zero-order valence-corrected chi connectivity index (χ0v) is 15.0. The molecule has 3 rings (SSSR count). The first-order valence-corrected chi connectivity index (χ1v) is 8.45. The minimum Gasteiger partial charge on any atom is -0.496 e. The molecule has 0 heterocycles. The summed E-state index contributed by atoms with van der Waals surface area (Å²) in [5.74, 6) is 1.12. The zero-order valence-electron chi connectivity index (χ0n) is 14.2. The number of methoxy groups -OCH3 is 1. The Labute approximate surface area is 157 Å². The molecule has 0 unspecified atom stereocenters. The van der Waals surface area contributed by atoms with Gasteiger partial charge in [0.1, 0.15) is 18.1 Å². The molecule has 0 atom stereocenters. The van der Waals surface area contributed by atoms with Crippen molar-refractivity contribution in [3.8, 4) is 11.5 Å². The van der Waals surface area contributed by atoms with Crippen LogP contribution in [0.5, 0.6) is 11.5 Å². The van der Waals surface area contributed by atoms with Gasteiger partial charge in [-0.25, -0.2) is 0 Å². The van der Waals surface area contributed by atoms with E-state index in [0.29, 0.717) is 22.1 Å². The van der Waals surface area contributed by atoms with Crippen LogP contribution in [0.1, 0.15) is 15.9 Å². The third-order valence-corrected chi connectivity index (χ3v) is 4.00. The van der Waals surface area contributed by atoms with E-state index >= 15 is 0 Å². The van der Waals surface area contributed by atoms with Crippen molar-refractivity contribution in [1.29, 1.82) is 0 Å². The Hall–Kier alpha value is -2.98. The average molecular weight is 368 g/mol. The van der Waals surface area contributed by atoms with Crippen LogP contribution in [0.2, 0.25) is 5.02 Å². The molecule has 5 heteroatoms. The summed E-state index contributed by atoms with van der Waals surface area (Å²) in [5, 5.41) is 3.47. The number of nitrogens with one attached hydrogen (secondary N) is 1. The lowest BCUT2D eigenvalue weighted by Gasteiger charge is -2.12. The summed E-state index contributed by atoms with van der Waals surface area (Å²) in [6, 6.07) is 21.7. The Morgan fingerprint density at radius 1 is 1.00 bits per heavy atom. The predicted molar refractivity (Wildman–Crippen MR) is 103 cm³/mol. The first kappa shape index (κ1) is 17.8. The van der Waals surface area contributed by atoms with Crippen molar-refractivity contribution in [1.82, 2.24) is 0 Å². The number of carbonyl (C=O) groups excluding carboxylic acids is 1. The van der Waals surface area contributed by atoms with Gasteiger partial charge in [-0.05, 0) is 48.5 Å². The minimum absolute atomic E-state index is 0.192. The van der Waals surface area contributed by atoms with Crippen LogP contribution in [0, 0.1) is 0 Å². The summed E-state index contributed by atoms with van der Waals surface area (Å²) in [6.45, 7) is 0.260. The van der Waals surface area contributed by atoms with Crippen LogP contribution < -0.4 is 14.8 Å². The Kier molecular flexibility index (Phi) is 5.77. The second-order valence-corrected chi connectivity index (χ2v) is 6.03. The maximum atomic E-state index is 12.5. The SMILES string of the molecule is COc1ccc(C(=O)Nc2ccccc2)cc1COc1cccc(Cl)c1. The number of carbonyl (C=O) groups is 1. The fraction of sp³-hybridized carbons (Fsp3) is 0.0952. The standard InChI is InChI=1S/C21H18ClNO3/c1-25-20-11-10-15(21(24)23-18-7-3-2-4-8-18)12-16(20)14-26-19-9-5-6-17(22)13-19/h2-13H,14H2,1H3,(H,23,24). The molecule has 132 valence electrons. The van der Waals surface area contributed by atoms with E-state index in [1.54, 1.807) is 37.4 Å². The van der Waals surface area contributed by atoms with Crippen LogP contribution in [0.3, 0.4) is 0 Å². The number of anilines is 1. The molecule has 26 heavy (non-hydrogen) atoms. The predicted octanol–water partition coefficient (Wildman–Crippen LogP) is 5.18. The molecular formula is C21H18ClNO3. The highest BCUT2D eigenvalue weighted by Crippen LogP contribution is 2.24. The quantitative estimate of drug-likeness (QED) is 0.653. The van der Waals surface area contributed by atoms with E-state index in [-0.39, 0.29) is 12.5 Å². The highest BCUT2D eigenvalue weighted by Gasteiger charge is 2.11. The van der Waals surface area contributed by atoms with Gasteiger partial charge in [-0.15, -0.1) is 0 Å². The van der Waals surface area contributed by atoms with Gasteiger partial charge in [0.25, 0.3) is 5.91 Å². The van der Waals surface area contributed by atoms with Crippen LogP contribution in [-0.2, 0) is 6.61 Å². The van der Waals surface area contributed by atoms with Crippen molar-refractivity contribution in [2.75, 3.05) is 12.4 Å². The van der Waals surface area contributed by atoms with Crippen molar-refractivity contribution in [3.05, 3.63) is 88.9 Å². The molecule has 0 radical (unpaired) electrons. The van der Waals surface area contributed by atoms with E-state index in [1.165, 1.54) is 0 Å². The number of rotatable bonds is 6. The largest absolute Gasteiger partial charge is 0.496 e. The number of amides is 1. The Morgan fingerprint density at radius 3 is 2.54 bits per heavy atom. The van der Waals surface area contributed by atoms with Crippen LogP contribution in [-0.4, -0.2) is 13.0 Å². The van der Waals surface area contributed by atoms with E-state index in [0.717, 1.165) is 11.3 Å². The normalized spacial score (nSPS) is 10.2. The van der Waals surface area contributed by atoms with Gasteiger partial charge in [-0.1, -0.05) is 35.9 Å². The molecule has 1 amide bonds. The maximum absolute atomic E-state index is 12.5. The molecule has 0 aliphatic heterocycles. The van der Waals surface area contributed by atoms with Crippen molar-refractivity contribution >= 4 is 23.2 Å². The fourth-order valence-corrected chi connectivity index (χ4v) is 2.66. The van der Waals surface area contributed by atoms with E-state index in [9.17, 15) is 4.79 Å². The Bertz CT molecular complexity index is 897. The Morgan fingerprint density at radius 2 is 1.81 bits per heavy atom. The van der Waals surface area contributed by atoms with E-state index in [4.69, 9.17) is 21.1 Å². The molecule has 3 aromatic carbocycles. The number of halogens is 1. The van der Waals surface area contributed by atoms with Gasteiger partial charge >= 0.3 is 0 Å². The first-order chi connectivity index (χ1) is 12.7. The second-order valence-electron chi connectivity index (χ2n) is 5.59. The molecular weight excluding hydrogens is 350 g/mol. The number of benzene rings is 3.